The highest BCUT2D eigenvalue weighted by Gasteiger charge is 2.19. The zero-order valence-electron chi connectivity index (χ0n) is 10.4. The molecule has 0 aliphatic carbocycles. The van der Waals surface area contributed by atoms with Gasteiger partial charge >= 0.3 is 0 Å². The molecule has 2 rings (SSSR count). The first kappa shape index (κ1) is 14.2. The first-order valence-electron chi connectivity index (χ1n) is 6.45. The molecule has 1 aliphatic heterocycles. The Hall–Kier alpha value is -0.190. The maximum Gasteiger partial charge on any atom is 0.0477 e. The number of hydrogen-bond donors (Lipinski definition) is 0. The first-order valence-corrected chi connectivity index (χ1v) is 8.63. The van der Waals surface area contributed by atoms with Crippen molar-refractivity contribution in [1.82, 2.24) is 0 Å². The Morgan fingerprint density at radius 1 is 1.28 bits per heavy atom. The van der Waals surface area contributed by atoms with E-state index in [2.05, 4.69) is 34.1 Å². The fraction of sp³-hybridized carbons (Fsp3) is 0.571. The Morgan fingerprint density at radius 3 is 2.72 bits per heavy atom. The van der Waals surface area contributed by atoms with Gasteiger partial charge in [0.1, 0.15) is 0 Å². The topological polar surface area (TPSA) is 26.3 Å². The minimum atomic E-state index is -0.682. The SMILES string of the molecule is O=[S@](CCCc1ccccc1Br)C1CCOCC1. The molecule has 1 aliphatic rings. The lowest BCUT2D eigenvalue weighted by Crippen LogP contribution is -2.26. The van der Waals surface area contributed by atoms with Gasteiger partial charge in [0.2, 0.25) is 0 Å². The number of aryl methyl sites for hydroxylation is 1. The minimum absolute atomic E-state index is 0.359. The van der Waals surface area contributed by atoms with Crippen molar-refractivity contribution in [2.24, 2.45) is 0 Å². The van der Waals surface area contributed by atoms with E-state index >= 15 is 0 Å². The third-order valence-electron chi connectivity index (χ3n) is 3.29. The molecule has 2 nitrogen and oxygen atoms in total. The van der Waals surface area contributed by atoms with Crippen LogP contribution in [0.4, 0.5) is 0 Å². The molecule has 100 valence electrons. The van der Waals surface area contributed by atoms with Gasteiger partial charge in [0.15, 0.2) is 0 Å². The van der Waals surface area contributed by atoms with Crippen molar-refractivity contribution in [2.75, 3.05) is 19.0 Å². The van der Waals surface area contributed by atoms with Gasteiger partial charge < -0.3 is 4.74 Å². The summed E-state index contributed by atoms with van der Waals surface area (Å²) < 4.78 is 18.6. The summed E-state index contributed by atoms with van der Waals surface area (Å²) >= 11 is 3.55. The lowest BCUT2D eigenvalue weighted by Gasteiger charge is -2.21. The maximum atomic E-state index is 12.1. The fourth-order valence-corrected chi connectivity index (χ4v) is 4.17. The Balaban J connectivity index is 1.75. The quantitative estimate of drug-likeness (QED) is 0.827. The molecule has 1 heterocycles. The molecule has 0 radical (unpaired) electrons. The summed E-state index contributed by atoms with van der Waals surface area (Å²) in [6, 6.07) is 8.26. The molecule has 0 amide bonds. The van der Waals surface area contributed by atoms with Crippen molar-refractivity contribution in [3.05, 3.63) is 34.3 Å². The molecule has 1 fully saturated rings. The highest BCUT2D eigenvalue weighted by molar-refractivity contribution is 9.10. The Bertz CT molecular complexity index is 403. The van der Waals surface area contributed by atoms with E-state index in [1.165, 1.54) is 5.56 Å². The van der Waals surface area contributed by atoms with Gasteiger partial charge in [-0.3, -0.25) is 4.21 Å². The van der Waals surface area contributed by atoms with Gasteiger partial charge in [-0.15, -0.1) is 0 Å². The molecule has 1 atom stereocenters. The van der Waals surface area contributed by atoms with Crippen LogP contribution in [0, 0.1) is 0 Å². The third-order valence-corrected chi connectivity index (χ3v) is 5.97. The number of hydrogen-bond acceptors (Lipinski definition) is 2. The van der Waals surface area contributed by atoms with Crippen LogP contribution in [-0.4, -0.2) is 28.4 Å². The predicted octanol–water partition coefficient (Wildman–Crippen LogP) is 3.31. The smallest absolute Gasteiger partial charge is 0.0477 e. The van der Waals surface area contributed by atoms with Crippen LogP contribution in [0.1, 0.15) is 24.8 Å². The molecule has 18 heavy (non-hydrogen) atoms. The zero-order valence-corrected chi connectivity index (χ0v) is 12.8. The van der Waals surface area contributed by atoms with Crippen LogP contribution in [-0.2, 0) is 22.0 Å². The standard InChI is InChI=1S/C14H19BrO2S/c15-14-6-2-1-4-12(14)5-3-11-18(16)13-7-9-17-10-8-13/h1-2,4,6,13H,3,5,7-11H2/t18-/m1/s1. The predicted molar refractivity (Wildman–Crippen MR) is 79.3 cm³/mol. The number of rotatable bonds is 5. The second kappa shape index (κ2) is 7.41. The molecule has 0 bridgehead atoms. The average Bonchev–Trinajstić information content (AvgIpc) is 2.42. The van der Waals surface area contributed by atoms with E-state index in [1.807, 2.05) is 6.07 Å². The molecule has 0 unspecified atom stereocenters. The van der Waals surface area contributed by atoms with Gasteiger partial charge in [0, 0.05) is 39.5 Å². The van der Waals surface area contributed by atoms with Crippen LogP contribution in [0.5, 0.6) is 0 Å². The Labute approximate surface area is 120 Å². The molecule has 0 N–H and O–H groups in total. The van der Waals surface area contributed by atoms with Gasteiger partial charge in [-0.2, -0.15) is 0 Å². The normalized spacial score (nSPS) is 18.7. The zero-order chi connectivity index (χ0) is 12.8. The molecular formula is C14H19BrO2S. The summed E-state index contributed by atoms with van der Waals surface area (Å²) in [5.74, 6) is 0.812. The molecule has 0 spiro atoms. The van der Waals surface area contributed by atoms with Crippen molar-refractivity contribution < 1.29 is 8.95 Å². The van der Waals surface area contributed by atoms with Gasteiger partial charge in [-0.05, 0) is 37.3 Å². The molecule has 0 aromatic heterocycles. The van der Waals surface area contributed by atoms with Gasteiger partial charge in [-0.1, -0.05) is 34.1 Å². The lowest BCUT2D eigenvalue weighted by molar-refractivity contribution is 0.0992. The number of benzene rings is 1. The highest BCUT2D eigenvalue weighted by atomic mass is 79.9. The highest BCUT2D eigenvalue weighted by Crippen LogP contribution is 2.19. The van der Waals surface area contributed by atoms with E-state index in [1.54, 1.807) is 0 Å². The second-order valence-corrected chi connectivity index (χ2v) is 7.28. The lowest BCUT2D eigenvalue weighted by atomic mass is 10.1. The van der Waals surface area contributed by atoms with Crippen LogP contribution < -0.4 is 0 Å². The van der Waals surface area contributed by atoms with Crippen LogP contribution in [0.3, 0.4) is 0 Å². The van der Waals surface area contributed by atoms with E-state index in [0.29, 0.717) is 5.25 Å². The van der Waals surface area contributed by atoms with E-state index < -0.39 is 10.8 Å². The van der Waals surface area contributed by atoms with Crippen LogP contribution in [0.2, 0.25) is 0 Å². The summed E-state index contributed by atoms with van der Waals surface area (Å²) in [6.07, 6.45) is 3.91. The van der Waals surface area contributed by atoms with Gasteiger partial charge in [0.05, 0.1) is 0 Å². The van der Waals surface area contributed by atoms with Crippen LogP contribution in [0.15, 0.2) is 28.7 Å². The van der Waals surface area contributed by atoms with Gasteiger partial charge in [0.25, 0.3) is 0 Å². The van der Waals surface area contributed by atoms with Crippen molar-refractivity contribution in [1.29, 1.82) is 0 Å². The van der Waals surface area contributed by atoms with Crippen molar-refractivity contribution in [2.45, 2.75) is 30.9 Å². The monoisotopic (exact) mass is 330 g/mol. The molecule has 0 saturated carbocycles. The summed E-state index contributed by atoms with van der Waals surface area (Å²) in [4.78, 5) is 0. The summed E-state index contributed by atoms with van der Waals surface area (Å²) in [5, 5.41) is 0.359. The maximum absolute atomic E-state index is 12.1. The molecule has 1 saturated heterocycles. The average molecular weight is 331 g/mol. The summed E-state index contributed by atoms with van der Waals surface area (Å²) in [5.41, 5.74) is 1.31. The largest absolute Gasteiger partial charge is 0.381 e. The van der Waals surface area contributed by atoms with Crippen LogP contribution in [0.25, 0.3) is 0 Å². The minimum Gasteiger partial charge on any atom is -0.381 e. The molecule has 1 aromatic carbocycles. The summed E-state index contributed by atoms with van der Waals surface area (Å²) in [6.45, 7) is 1.56. The Morgan fingerprint density at radius 2 is 2.00 bits per heavy atom. The van der Waals surface area contributed by atoms with Gasteiger partial charge in [-0.25, -0.2) is 0 Å². The van der Waals surface area contributed by atoms with Crippen molar-refractivity contribution in [3.8, 4) is 0 Å². The second-order valence-electron chi connectivity index (χ2n) is 4.59. The molecule has 4 heteroatoms. The van der Waals surface area contributed by atoms with Crippen molar-refractivity contribution >= 4 is 26.7 Å². The number of ether oxygens (including phenoxy) is 1. The van der Waals surface area contributed by atoms with Crippen LogP contribution >= 0.6 is 15.9 Å². The van der Waals surface area contributed by atoms with E-state index in [-0.39, 0.29) is 0 Å². The summed E-state index contributed by atoms with van der Waals surface area (Å²) in [7, 11) is -0.682. The van der Waals surface area contributed by atoms with Crippen molar-refractivity contribution in [3.63, 3.8) is 0 Å². The first-order chi connectivity index (χ1) is 8.77. The van der Waals surface area contributed by atoms with E-state index in [0.717, 1.165) is 49.1 Å². The third kappa shape index (κ3) is 4.18. The Kier molecular flexibility index (Phi) is 5.86. The molecular weight excluding hydrogens is 312 g/mol. The fourth-order valence-electron chi connectivity index (χ4n) is 2.21. The number of halogens is 1. The molecule has 1 aromatic rings. The van der Waals surface area contributed by atoms with E-state index in [9.17, 15) is 4.21 Å². The van der Waals surface area contributed by atoms with E-state index in [4.69, 9.17) is 4.74 Å².